The number of fused-ring (bicyclic) bond motifs is 1. The minimum atomic E-state index is -0.607. The van der Waals surface area contributed by atoms with Gasteiger partial charge in [0.2, 0.25) is 0 Å². The number of nitrogens with one attached hydrogen (secondary N) is 1. The van der Waals surface area contributed by atoms with Gasteiger partial charge in [-0.1, -0.05) is 28.1 Å². The number of esters is 1. The van der Waals surface area contributed by atoms with E-state index in [1.54, 1.807) is 42.5 Å². The number of anilines is 1. The predicted molar refractivity (Wildman–Crippen MR) is 109 cm³/mol. The fourth-order valence-electron chi connectivity index (χ4n) is 2.65. The van der Waals surface area contributed by atoms with E-state index in [4.69, 9.17) is 14.2 Å². The number of carbonyl (C=O) groups is 3. The van der Waals surface area contributed by atoms with E-state index < -0.39 is 18.5 Å². The molecule has 1 N–H and O–H groups in total. The lowest BCUT2D eigenvalue weighted by Crippen LogP contribution is -2.21. The van der Waals surface area contributed by atoms with Crippen molar-refractivity contribution < 1.29 is 28.6 Å². The zero-order valence-corrected chi connectivity index (χ0v) is 17.2. The van der Waals surface area contributed by atoms with Crippen molar-refractivity contribution in [2.24, 2.45) is 0 Å². The van der Waals surface area contributed by atoms with Crippen LogP contribution in [0.3, 0.4) is 0 Å². The maximum Gasteiger partial charge on any atom is 0.306 e. The zero-order valence-electron chi connectivity index (χ0n) is 15.6. The van der Waals surface area contributed by atoms with Crippen molar-refractivity contribution in [2.45, 2.75) is 19.3 Å². The van der Waals surface area contributed by atoms with Gasteiger partial charge in [-0.25, -0.2) is 0 Å². The van der Waals surface area contributed by atoms with Gasteiger partial charge < -0.3 is 19.5 Å². The summed E-state index contributed by atoms with van der Waals surface area (Å²) in [6, 6.07) is 11.9. The number of hydrogen-bond acceptors (Lipinski definition) is 6. The van der Waals surface area contributed by atoms with Crippen LogP contribution in [0.1, 0.15) is 29.6 Å². The molecule has 2 aromatic rings. The summed E-state index contributed by atoms with van der Waals surface area (Å²) in [5.41, 5.74) is 1.04. The summed E-state index contributed by atoms with van der Waals surface area (Å²) in [5, 5.41) is 2.64. The molecule has 0 aliphatic carbocycles. The third-order valence-electron chi connectivity index (χ3n) is 4.12. The molecule has 1 heterocycles. The molecule has 29 heavy (non-hydrogen) atoms. The summed E-state index contributed by atoms with van der Waals surface area (Å²) in [4.78, 5) is 35.9. The van der Waals surface area contributed by atoms with Crippen LogP contribution in [-0.2, 0) is 14.3 Å². The first-order valence-electron chi connectivity index (χ1n) is 9.15. The van der Waals surface area contributed by atoms with Crippen LogP contribution in [0.5, 0.6) is 11.5 Å². The monoisotopic (exact) mass is 461 g/mol. The highest BCUT2D eigenvalue weighted by Crippen LogP contribution is 2.32. The van der Waals surface area contributed by atoms with Gasteiger partial charge in [-0.2, -0.15) is 0 Å². The molecule has 7 nitrogen and oxygen atoms in total. The summed E-state index contributed by atoms with van der Waals surface area (Å²) < 4.78 is 16.9. The molecule has 1 aliphatic heterocycles. The molecule has 152 valence electrons. The Hall–Kier alpha value is -2.87. The molecular formula is C21H20BrNO6. The Morgan fingerprint density at radius 2 is 1.69 bits per heavy atom. The van der Waals surface area contributed by atoms with Crippen molar-refractivity contribution >= 4 is 39.3 Å². The Kier molecular flexibility index (Phi) is 7.24. The molecule has 0 fully saturated rings. The number of halogens is 1. The van der Waals surface area contributed by atoms with Crippen molar-refractivity contribution in [1.29, 1.82) is 0 Å². The minimum Gasteiger partial charge on any atom is -0.490 e. The highest BCUT2D eigenvalue weighted by atomic mass is 79.9. The van der Waals surface area contributed by atoms with Gasteiger partial charge in [-0.05, 0) is 24.3 Å². The molecule has 0 bridgehead atoms. The third-order valence-corrected chi connectivity index (χ3v) is 4.65. The van der Waals surface area contributed by atoms with E-state index in [-0.39, 0.29) is 18.6 Å². The number of hydrogen-bond donors (Lipinski definition) is 1. The first-order chi connectivity index (χ1) is 14.0. The molecular weight excluding hydrogens is 442 g/mol. The third kappa shape index (κ3) is 6.32. The average molecular weight is 462 g/mol. The normalized spacial score (nSPS) is 12.6. The first-order valence-corrected chi connectivity index (χ1v) is 9.94. The van der Waals surface area contributed by atoms with E-state index in [1.807, 2.05) is 0 Å². The summed E-state index contributed by atoms with van der Waals surface area (Å²) in [6.45, 7) is 0.694. The summed E-state index contributed by atoms with van der Waals surface area (Å²) in [6.07, 6.45) is 0.715. The molecule has 8 heteroatoms. The van der Waals surface area contributed by atoms with Gasteiger partial charge in [-0.15, -0.1) is 0 Å². The number of ether oxygens (including phenoxy) is 3. The lowest BCUT2D eigenvalue weighted by atomic mass is 10.1. The maximum absolute atomic E-state index is 12.1. The highest BCUT2D eigenvalue weighted by Gasteiger charge is 2.14. The second-order valence-electron chi connectivity index (χ2n) is 6.35. The molecule has 0 saturated heterocycles. The second-order valence-corrected chi connectivity index (χ2v) is 7.27. The minimum absolute atomic E-state index is 0.0181. The average Bonchev–Trinajstić information content (AvgIpc) is 2.96. The molecule has 1 amide bonds. The first kappa shape index (κ1) is 20.9. The number of carbonyl (C=O) groups excluding carboxylic acids is 3. The van der Waals surface area contributed by atoms with Gasteiger partial charge >= 0.3 is 5.97 Å². The van der Waals surface area contributed by atoms with E-state index in [1.165, 1.54) is 0 Å². The van der Waals surface area contributed by atoms with Crippen LogP contribution in [0.4, 0.5) is 5.69 Å². The lowest BCUT2D eigenvalue weighted by Gasteiger charge is -2.10. The molecule has 0 atom stereocenters. The van der Waals surface area contributed by atoms with Crippen LogP contribution in [0, 0.1) is 0 Å². The molecule has 1 aliphatic rings. The number of benzene rings is 2. The SMILES string of the molecule is O=C(COC(=O)CCC(=O)c1ccc(Br)cc1)Nc1ccc2c(c1)OCCCO2. The van der Waals surface area contributed by atoms with Crippen molar-refractivity contribution in [3.8, 4) is 11.5 Å². The number of Topliss-reactive ketones (excluding diaryl/α,β-unsaturated/α-hetero) is 1. The molecule has 0 spiro atoms. The topological polar surface area (TPSA) is 90.9 Å². The van der Waals surface area contributed by atoms with E-state index >= 15 is 0 Å². The van der Waals surface area contributed by atoms with Crippen LogP contribution >= 0.6 is 15.9 Å². The number of amides is 1. The highest BCUT2D eigenvalue weighted by molar-refractivity contribution is 9.10. The van der Waals surface area contributed by atoms with Gasteiger partial charge in [0, 0.05) is 34.6 Å². The molecule has 0 saturated carbocycles. The van der Waals surface area contributed by atoms with Gasteiger partial charge in [-0.3, -0.25) is 14.4 Å². The summed E-state index contributed by atoms with van der Waals surface area (Å²) >= 11 is 3.30. The zero-order chi connectivity index (χ0) is 20.6. The number of ketones is 1. The predicted octanol–water partition coefficient (Wildman–Crippen LogP) is 3.76. The van der Waals surface area contributed by atoms with Crippen molar-refractivity contribution in [2.75, 3.05) is 25.1 Å². The smallest absolute Gasteiger partial charge is 0.306 e. The lowest BCUT2D eigenvalue weighted by molar-refractivity contribution is -0.147. The van der Waals surface area contributed by atoms with Gasteiger partial charge in [0.1, 0.15) is 0 Å². The fourth-order valence-corrected chi connectivity index (χ4v) is 2.92. The van der Waals surface area contributed by atoms with Crippen molar-refractivity contribution in [3.05, 3.63) is 52.5 Å². The molecule has 0 radical (unpaired) electrons. The number of rotatable bonds is 7. The standard InChI is InChI=1S/C21H20BrNO6/c22-15-4-2-14(3-5-15)17(24)7-9-21(26)29-13-20(25)23-16-6-8-18-19(12-16)28-11-1-10-27-18/h2-6,8,12H,1,7,9-11,13H2,(H,23,25). The maximum atomic E-state index is 12.1. The summed E-state index contributed by atoms with van der Waals surface area (Å²) in [7, 11) is 0. The van der Waals surface area contributed by atoms with Gasteiger partial charge in [0.05, 0.1) is 19.6 Å². The quantitative estimate of drug-likeness (QED) is 0.498. The Labute approximate surface area is 176 Å². The van der Waals surface area contributed by atoms with Crippen LogP contribution in [-0.4, -0.2) is 37.5 Å². The van der Waals surface area contributed by atoms with E-state index in [0.29, 0.717) is 36.0 Å². The van der Waals surface area contributed by atoms with Gasteiger partial charge in [0.15, 0.2) is 23.9 Å². The Bertz CT molecular complexity index is 897. The Balaban J connectivity index is 1.42. The van der Waals surface area contributed by atoms with E-state index in [9.17, 15) is 14.4 Å². The van der Waals surface area contributed by atoms with Crippen molar-refractivity contribution in [3.63, 3.8) is 0 Å². The van der Waals surface area contributed by atoms with Crippen LogP contribution in [0.15, 0.2) is 46.9 Å². The molecule has 3 rings (SSSR count). The Morgan fingerprint density at radius 1 is 0.966 bits per heavy atom. The van der Waals surface area contributed by atoms with E-state index in [2.05, 4.69) is 21.2 Å². The molecule has 2 aromatic carbocycles. The van der Waals surface area contributed by atoms with Crippen molar-refractivity contribution in [1.82, 2.24) is 0 Å². The Morgan fingerprint density at radius 3 is 2.45 bits per heavy atom. The fraction of sp³-hybridized carbons (Fsp3) is 0.286. The van der Waals surface area contributed by atoms with E-state index in [0.717, 1.165) is 10.9 Å². The molecule has 0 unspecified atom stereocenters. The van der Waals surface area contributed by atoms with Crippen LogP contribution in [0.2, 0.25) is 0 Å². The molecule has 0 aromatic heterocycles. The second kappa shape index (κ2) is 10.1. The van der Waals surface area contributed by atoms with Crippen LogP contribution in [0.25, 0.3) is 0 Å². The van der Waals surface area contributed by atoms with Crippen LogP contribution < -0.4 is 14.8 Å². The largest absolute Gasteiger partial charge is 0.490 e. The van der Waals surface area contributed by atoms with Gasteiger partial charge in [0.25, 0.3) is 5.91 Å². The summed E-state index contributed by atoms with van der Waals surface area (Å²) in [5.74, 6) is -0.0615.